The molecule has 8 rings (SSSR count). The third kappa shape index (κ3) is 13.0. The minimum atomic E-state index is -0.320. The van der Waals surface area contributed by atoms with Crippen LogP contribution in [0.5, 0.6) is 40.2 Å². The molecule has 9 heteroatoms. The molecule has 0 aliphatic rings. The summed E-state index contributed by atoms with van der Waals surface area (Å²) in [6, 6.07) is 62.2. The monoisotopic (exact) mass is 952 g/mol. The Kier molecular flexibility index (Phi) is 16.0. The number of hydrogen-bond donors (Lipinski definition) is 0. The van der Waals surface area contributed by atoms with Crippen molar-refractivity contribution in [2.24, 2.45) is 0 Å². The van der Waals surface area contributed by atoms with Crippen LogP contribution in [-0.2, 0) is 39.6 Å². The molecule has 8 nitrogen and oxygen atoms in total. The molecule has 0 atom stereocenters. The van der Waals surface area contributed by atoms with Gasteiger partial charge in [0.05, 0.1) is 12.7 Å². The van der Waals surface area contributed by atoms with Crippen molar-refractivity contribution >= 4 is 27.8 Å². The molecule has 8 aromatic rings. The van der Waals surface area contributed by atoms with Crippen molar-refractivity contribution in [2.75, 3.05) is 7.11 Å². The summed E-state index contributed by atoms with van der Waals surface area (Å²) in [5.41, 5.74) is 6.58. The smallest absolute Gasteiger partial charge is 0.203 e. The highest BCUT2D eigenvalue weighted by atomic mass is 79.9. The fourth-order valence-corrected chi connectivity index (χ4v) is 7.56. The van der Waals surface area contributed by atoms with E-state index in [1.807, 2.05) is 182 Å². The first-order chi connectivity index (χ1) is 33.0. The molecular weight excluding hydrogens is 905 g/mol. The Bertz CT molecular complexity index is 2770. The van der Waals surface area contributed by atoms with Gasteiger partial charge in [0.25, 0.3) is 0 Å². The Labute approximate surface area is 400 Å². The summed E-state index contributed by atoms with van der Waals surface area (Å²) in [5.74, 6) is 2.91. The largest absolute Gasteiger partial charge is 0.497 e. The van der Waals surface area contributed by atoms with Gasteiger partial charge in [0.2, 0.25) is 5.75 Å². The predicted octanol–water partition coefficient (Wildman–Crippen LogP) is 13.8. The van der Waals surface area contributed by atoms with Gasteiger partial charge in [-0.2, -0.15) is 0 Å². The number of benzene rings is 8. The van der Waals surface area contributed by atoms with Gasteiger partial charge in [-0.15, -0.1) is 0 Å². The third-order valence-corrected chi connectivity index (χ3v) is 11.4. The average Bonchev–Trinajstić information content (AvgIpc) is 3.39. The molecule has 0 heterocycles. The van der Waals surface area contributed by atoms with Crippen LogP contribution in [-0.4, -0.2) is 12.9 Å². The van der Waals surface area contributed by atoms with Crippen molar-refractivity contribution in [3.8, 4) is 40.2 Å². The van der Waals surface area contributed by atoms with E-state index in [1.54, 1.807) is 25.3 Å². The molecule has 0 aliphatic heterocycles. The maximum Gasteiger partial charge on any atom is 0.203 e. The fraction of sp³-hybridized carbons (Fsp3) is 0.121. The summed E-state index contributed by atoms with van der Waals surface area (Å²) in [6.45, 7) is 1.48. The first kappa shape index (κ1) is 45.8. The van der Waals surface area contributed by atoms with Crippen molar-refractivity contribution < 1.29 is 38.0 Å². The second kappa shape index (κ2) is 23.4. The lowest BCUT2D eigenvalue weighted by atomic mass is 10.1. The molecular formula is C58H49BrO8. The molecule has 0 amide bonds. The standard InChI is InChI=1S/C58H49BrO8/c1-61-49-29-27-47(28-30-49)41-66-57-50(52(62-36-42-17-7-2-8-18-42)35-53(56(57)59)63-37-43-19-9-3-10-20-43)31-32-51(60)48-33-54(64-38-44-21-11-4-12-22-44)58(67-40-46-25-15-6-16-26-46)55(34-48)65-39-45-23-13-5-14-24-45/h2-35H,36-41H2,1H3/b32-31+. The van der Waals surface area contributed by atoms with Gasteiger partial charge in [0.1, 0.15) is 67.1 Å². The van der Waals surface area contributed by atoms with E-state index in [-0.39, 0.29) is 38.8 Å². The van der Waals surface area contributed by atoms with E-state index < -0.39 is 0 Å². The van der Waals surface area contributed by atoms with Crippen molar-refractivity contribution in [1.29, 1.82) is 0 Å². The SMILES string of the molecule is COc1ccc(COc2c(Br)c(OCc3ccccc3)cc(OCc3ccccc3)c2/C=C/C(=O)c2cc(OCc3ccccc3)c(OCc3ccccc3)c(OCc3ccccc3)c2)cc1. The van der Waals surface area contributed by atoms with Crippen LogP contribution in [0.15, 0.2) is 205 Å². The van der Waals surface area contributed by atoms with E-state index in [4.69, 9.17) is 33.2 Å². The Hall–Kier alpha value is -7.75. The van der Waals surface area contributed by atoms with Crippen molar-refractivity contribution in [2.45, 2.75) is 39.6 Å². The first-order valence-corrected chi connectivity index (χ1v) is 22.6. The minimum Gasteiger partial charge on any atom is -0.497 e. The van der Waals surface area contributed by atoms with Gasteiger partial charge in [-0.1, -0.05) is 164 Å². The quantitative estimate of drug-likeness (QED) is 0.0491. The number of halogens is 1. The van der Waals surface area contributed by atoms with Crippen LogP contribution < -0.4 is 33.2 Å². The highest BCUT2D eigenvalue weighted by molar-refractivity contribution is 9.10. The summed E-state index contributed by atoms with van der Waals surface area (Å²) < 4.78 is 45.1. The maximum atomic E-state index is 14.6. The molecule has 0 saturated heterocycles. The van der Waals surface area contributed by atoms with Crippen molar-refractivity contribution in [1.82, 2.24) is 0 Å². The van der Waals surface area contributed by atoms with Crippen molar-refractivity contribution in [3.05, 3.63) is 249 Å². The lowest BCUT2D eigenvalue weighted by molar-refractivity contribution is 0.104. The average molecular weight is 954 g/mol. The van der Waals surface area contributed by atoms with E-state index in [0.29, 0.717) is 56.7 Å². The van der Waals surface area contributed by atoms with Gasteiger partial charge >= 0.3 is 0 Å². The topological polar surface area (TPSA) is 81.7 Å². The molecule has 0 radical (unpaired) electrons. The van der Waals surface area contributed by atoms with Crippen LogP contribution in [0, 0.1) is 0 Å². The minimum absolute atomic E-state index is 0.201. The molecule has 336 valence electrons. The molecule has 0 aliphatic carbocycles. The van der Waals surface area contributed by atoms with Gasteiger partial charge < -0.3 is 33.2 Å². The Morgan fingerprint density at radius 1 is 0.418 bits per heavy atom. The highest BCUT2D eigenvalue weighted by Gasteiger charge is 2.22. The summed E-state index contributed by atoms with van der Waals surface area (Å²) in [5, 5.41) is 0. The summed E-state index contributed by atoms with van der Waals surface area (Å²) in [6.07, 6.45) is 3.22. The second-order valence-electron chi connectivity index (χ2n) is 15.4. The molecule has 0 N–H and O–H groups in total. The highest BCUT2D eigenvalue weighted by Crippen LogP contribution is 2.46. The molecule has 0 aromatic heterocycles. The summed E-state index contributed by atoms with van der Waals surface area (Å²) in [7, 11) is 1.63. The molecule has 0 fully saturated rings. The van der Waals surface area contributed by atoms with Crippen LogP contribution in [0.2, 0.25) is 0 Å². The van der Waals surface area contributed by atoms with Gasteiger partial charge in [0, 0.05) is 11.6 Å². The Balaban J connectivity index is 1.19. The molecule has 0 unspecified atom stereocenters. The van der Waals surface area contributed by atoms with Crippen molar-refractivity contribution in [3.63, 3.8) is 0 Å². The lowest BCUT2D eigenvalue weighted by Crippen LogP contribution is -2.07. The zero-order valence-corrected chi connectivity index (χ0v) is 38.6. The molecule has 67 heavy (non-hydrogen) atoms. The number of allylic oxidation sites excluding steroid dienone is 1. The number of carbonyl (C=O) groups excluding carboxylic acids is 1. The fourth-order valence-electron chi connectivity index (χ4n) is 7.00. The number of rotatable bonds is 22. The number of carbonyl (C=O) groups is 1. The van der Waals surface area contributed by atoms with Gasteiger partial charge in [0.15, 0.2) is 17.3 Å². The number of methoxy groups -OCH3 is 1. The predicted molar refractivity (Wildman–Crippen MR) is 265 cm³/mol. The van der Waals surface area contributed by atoms with E-state index in [9.17, 15) is 4.79 Å². The summed E-state index contributed by atoms with van der Waals surface area (Å²) in [4.78, 5) is 14.6. The van der Waals surface area contributed by atoms with Gasteiger partial charge in [-0.25, -0.2) is 0 Å². The second-order valence-corrected chi connectivity index (χ2v) is 16.2. The number of hydrogen-bond acceptors (Lipinski definition) is 8. The van der Waals surface area contributed by atoms with Crippen LogP contribution in [0.4, 0.5) is 0 Å². The lowest BCUT2D eigenvalue weighted by Gasteiger charge is -2.20. The molecule has 8 aromatic carbocycles. The molecule has 0 spiro atoms. The summed E-state index contributed by atoms with van der Waals surface area (Å²) >= 11 is 3.82. The van der Waals surface area contributed by atoms with Crippen LogP contribution >= 0.6 is 15.9 Å². The third-order valence-electron chi connectivity index (χ3n) is 10.6. The Morgan fingerprint density at radius 3 is 1.19 bits per heavy atom. The zero-order chi connectivity index (χ0) is 46.0. The van der Waals surface area contributed by atoms with Gasteiger partial charge in [-0.05, 0) is 85.7 Å². The zero-order valence-electron chi connectivity index (χ0n) is 37.0. The van der Waals surface area contributed by atoms with Crippen LogP contribution in [0.3, 0.4) is 0 Å². The van der Waals surface area contributed by atoms with Crippen LogP contribution in [0.25, 0.3) is 6.08 Å². The van der Waals surface area contributed by atoms with Gasteiger partial charge in [-0.3, -0.25) is 4.79 Å². The van der Waals surface area contributed by atoms with E-state index in [1.165, 1.54) is 6.08 Å². The Morgan fingerprint density at radius 2 is 0.776 bits per heavy atom. The van der Waals surface area contributed by atoms with E-state index >= 15 is 0 Å². The molecule has 0 bridgehead atoms. The van der Waals surface area contributed by atoms with E-state index in [0.717, 1.165) is 39.1 Å². The van der Waals surface area contributed by atoms with Crippen LogP contribution in [0.1, 0.15) is 49.3 Å². The molecule has 0 saturated carbocycles. The number of ketones is 1. The number of ether oxygens (including phenoxy) is 7. The first-order valence-electron chi connectivity index (χ1n) is 21.9. The normalized spacial score (nSPS) is 10.9. The maximum absolute atomic E-state index is 14.6. The van der Waals surface area contributed by atoms with E-state index in [2.05, 4.69) is 15.9 Å².